The fraction of sp³-hybridized carbons (Fsp3) is 0.125. The van der Waals surface area contributed by atoms with Crippen LogP contribution < -0.4 is 10.5 Å². The third kappa shape index (κ3) is 4.95. The van der Waals surface area contributed by atoms with E-state index in [1.165, 1.54) is 49.4 Å². The van der Waals surface area contributed by atoms with Gasteiger partial charge in [-0.2, -0.15) is 0 Å². The number of amides is 1. The lowest BCUT2D eigenvalue weighted by molar-refractivity contribution is -0.123. The van der Waals surface area contributed by atoms with Crippen molar-refractivity contribution in [2.24, 2.45) is 5.14 Å². The second kappa shape index (κ2) is 8.05. The lowest BCUT2D eigenvalue weighted by atomic mass is 10.2. The van der Waals surface area contributed by atoms with Crippen molar-refractivity contribution in [3.05, 3.63) is 58.1 Å². The smallest absolute Gasteiger partial charge is 0.340 e. The summed E-state index contributed by atoms with van der Waals surface area (Å²) in [7, 11) is -3.82. The van der Waals surface area contributed by atoms with Crippen molar-refractivity contribution in [3.63, 3.8) is 0 Å². The molecule has 1 unspecified atom stereocenters. The number of hydrogen-bond donors (Lipinski definition) is 2. The highest BCUT2D eigenvalue weighted by Crippen LogP contribution is 2.26. The first-order valence-corrected chi connectivity index (χ1v) is 9.48. The predicted molar refractivity (Wildman–Crippen MR) is 97.8 cm³/mol. The third-order valence-electron chi connectivity index (χ3n) is 3.27. The van der Waals surface area contributed by atoms with Crippen LogP contribution >= 0.6 is 23.2 Å². The highest BCUT2D eigenvalue weighted by atomic mass is 35.5. The molecule has 1 atom stereocenters. The summed E-state index contributed by atoms with van der Waals surface area (Å²) >= 11 is 11.8. The van der Waals surface area contributed by atoms with E-state index in [-0.39, 0.29) is 20.5 Å². The normalized spacial score (nSPS) is 12.3. The van der Waals surface area contributed by atoms with E-state index >= 15 is 0 Å². The van der Waals surface area contributed by atoms with E-state index in [4.69, 9.17) is 33.1 Å². The summed E-state index contributed by atoms with van der Waals surface area (Å²) in [5.41, 5.74) is 0.349. The van der Waals surface area contributed by atoms with Crippen LogP contribution in [-0.4, -0.2) is 26.4 Å². The average Bonchev–Trinajstić information content (AvgIpc) is 2.56. The zero-order valence-electron chi connectivity index (χ0n) is 13.4. The molecule has 0 aromatic heterocycles. The minimum Gasteiger partial charge on any atom is -0.449 e. The van der Waals surface area contributed by atoms with Crippen LogP contribution in [-0.2, 0) is 19.6 Å². The number of benzene rings is 2. The molecule has 0 radical (unpaired) electrons. The molecule has 0 aliphatic carbocycles. The van der Waals surface area contributed by atoms with Crippen LogP contribution in [0.4, 0.5) is 5.69 Å². The standard InChI is InChI=1S/C16H14Cl2N2O5S/c1-9(25-16(22)12-3-2-4-13(17)14(12)18)15(21)20-10-5-7-11(8-6-10)26(19,23)24/h2-9H,1H3,(H,20,21)(H2,19,23,24). The molecule has 0 fully saturated rings. The zero-order valence-corrected chi connectivity index (χ0v) is 15.7. The first-order valence-electron chi connectivity index (χ1n) is 7.18. The number of halogens is 2. The first-order chi connectivity index (χ1) is 12.1. The summed E-state index contributed by atoms with van der Waals surface area (Å²) in [6.07, 6.45) is -1.13. The van der Waals surface area contributed by atoms with Crippen molar-refractivity contribution in [1.29, 1.82) is 0 Å². The van der Waals surface area contributed by atoms with Crippen molar-refractivity contribution < 1.29 is 22.7 Å². The molecule has 0 saturated carbocycles. The Morgan fingerprint density at radius 1 is 1.12 bits per heavy atom. The molecule has 0 heterocycles. The molecule has 138 valence electrons. The maximum Gasteiger partial charge on any atom is 0.340 e. The van der Waals surface area contributed by atoms with Crippen molar-refractivity contribution in [2.45, 2.75) is 17.9 Å². The van der Waals surface area contributed by atoms with Crippen LogP contribution in [0, 0.1) is 0 Å². The summed E-state index contributed by atoms with van der Waals surface area (Å²) in [6.45, 7) is 1.38. The van der Waals surface area contributed by atoms with Gasteiger partial charge in [0.1, 0.15) is 0 Å². The van der Waals surface area contributed by atoms with E-state index in [2.05, 4.69) is 5.32 Å². The molecule has 0 bridgehead atoms. The number of primary sulfonamides is 1. The number of hydrogen-bond acceptors (Lipinski definition) is 5. The Morgan fingerprint density at radius 3 is 2.31 bits per heavy atom. The van der Waals surface area contributed by atoms with Crippen molar-refractivity contribution in [2.75, 3.05) is 5.32 Å². The number of sulfonamides is 1. The van der Waals surface area contributed by atoms with Gasteiger partial charge in [0.15, 0.2) is 6.10 Å². The van der Waals surface area contributed by atoms with E-state index in [1.54, 1.807) is 0 Å². The number of carbonyl (C=O) groups is 2. The largest absolute Gasteiger partial charge is 0.449 e. The van der Waals surface area contributed by atoms with Crippen LogP contribution in [0.15, 0.2) is 47.4 Å². The molecule has 2 aromatic carbocycles. The molecule has 1 amide bonds. The minimum absolute atomic E-state index is 0.0327. The molecule has 7 nitrogen and oxygen atoms in total. The van der Waals surface area contributed by atoms with Crippen LogP contribution in [0.3, 0.4) is 0 Å². The second-order valence-electron chi connectivity index (χ2n) is 5.21. The third-order valence-corrected chi connectivity index (χ3v) is 5.02. The SMILES string of the molecule is CC(OC(=O)c1cccc(Cl)c1Cl)C(=O)Nc1ccc(S(N)(=O)=O)cc1. The van der Waals surface area contributed by atoms with Gasteiger partial charge in [-0.15, -0.1) is 0 Å². The number of anilines is 1. The topological polar surface area (TPSA) is 116 Å². The fourth-order valence-electron chi connectivity index (χ4n) is 1.91. The van der Waals surface area contributed by atoms with Gasteiger partial charge in [0.2, 0.25) is 10.0 Å². The number of carbonyl (C=O) groups excluding carboxylic acids is 2. The quantitative estimate of drug-likeness (QED) is 0.726. The molecule has 0 aliphatic heterocycles. The van der Waals surface area contributed by atoms with Crippen molar-refractivity contribution in [3.8, 4) is 0 Å². The van der Waals surface area contributed by atoms with Gasteiger partial charge >= 0.3 is 5.97 Å². The fourth-order valence-corrected chi connectivity index (χ4v) is 2.80. The van der Waals surface area contributed by atoms with Gasteiger partial charge in [-0.05, 0) is 43.3 Å². The van der Waals surface area contributed by atoms with Crippen molar-refractivity contribution in [1.82, 2.24) is 0 Å². The maximum absolute atomic E-state index is 12.1. The summed E-state index contributed by atoms with van der Waals surface area (Å²) in [5.74, 6) is -1.41. The first kappa shape index (κ1) is 20.2. The van der Waals surface area contributed by atoms with Gasteiger partial charge in [-0.1, -0.05) is 29.3 Å². The zero-order chi connectivity index (χ0) is 19.5. The Morgan fingerprint density at radius 2 is 1.73 bits per heavy atom. The molecule has 3 N–H and O–H groups in total. The summed E-state index contributed by atoms with van der Waals surface area (Å²) < 4.78 is 27.5. The van der Waals surface area contributed by atoms with Gasteiger partial charge in [0.25, 0.3) is 5.91 Å². The molecule has 0 spiro atoms. The molecule has 0 aliphatic rings. The molecule has 26 heavy (non-hydrogen) atoms. The van der Waals surface area contributed by atoms with E-state index < -0.39 is 28.0 Å². The molecule has 10 heteroatoms. The molecule has 2 rings (SSSR count). The molecule has 0 saturated heterocycles. The maximum atomic E-state index is 12.1. The Balaban J connectivity index is 2.03. The van der Waals surface area contributed by atoms with Gasteiger partial charge in [0, 0.05) is 5.69 Å². The Labute approximate surface area is 160 Å². The van der Waals surface area contributed by atoms with Gasteiger partial charge in [-0.3, -0.25) is 4.79 Å². The number of nitrogens with one attached hydrogen (secondary N) is 1. The van der Waals surface area contributed by atoms with Crippen LogP contribution in [0.5, 0.6) is 0 Å². The van der Waals surface area contributed by atoms with Gasteiger partial charge in [0.05, 0.1) is 20.5 Å². The average molecular weight is 417 g/mol. The van der Waals surface area contributed by atoms with Gasteiger partial charge < -0.3 is 10.1 Å². The Hall–Kier alpha value is -2.13. The molecular formula is C16H14Cl2N2O5S. The predicted octanol–water partition coefficient (Wildman–Crippen LogP) is 2.82. The van der Waals surface area contributed by atoms with Crippen LogP contribution in [0.25, 0.3) is 0 Å². The lowest BCUT2D eigenvalue weighted by Crippen LogP contribution is -2.30. The number of rotatable bonds is 5. The number of nitrogens with two attached hydrogens (primary N) is 1. The monoisotopic (exact) mass is 416 g/mol. The van der Waals surface area contributed by atoms with Crippen LogP contribution in [0.1, 0.15) is 17.3 Å². The van der Waals surface area contributed by atoms with Crippen LogP contribution in [0.2, 0.25) is 10.0 Å². The summed E-state index contributed by atoms with van der Waals surface area (Å²) in [5, 5.41) is 7.71. The highest BCUT2D eigenvalue weighted by molar-refractivity contribution is 7.89. The van der Waals surface area contributed by atoms with E-state index in [0.29, 0.717) is 5.69 Å². The van der Waals surface area contributed by atoms with E-state index in [0.717, 1.165) is 0 Å². The van der Waals surface area contributed by atoms with Gasteiger partial charge in [-0.25, -0.2) is 18.4 Å². The van der Waals surface area contributed by atoms with E-state index in [9.17, 15) is 18.0 Å². The molecule has 2 aromatic rings. The Kier molecular flexibility index (Phi) is 6.25. The number of esters is 1. The van der Waals surface area contributed by atoms with E-state index in [1.807, 2.05) is 0 Å². The Bertz CT molecular complexity index is 946. The lowest BCUT2D eigenvalue weighted by Gasteiger charge is -2.14. The highest BCUT2D eigenvalue weighted by Gasteiger charge is 2.21. The van der Waals surface area contributed by atoms with Crippen molar-refractivity contribution >= 4 is 50.8 Å². The number of ether oxygens (including phenoxy) is 1. The summed E-state index contributed by atoms with van der Waals surface area (Å²) in [6, 6.07) is 9.68. The molecular weight excluding hydrogens is 403 g/mol. The summed E-state index contributed by atoms with van der Waals surface area (Å²) in [4.78, 5) is 24.1. The second-order valence-corrected chi connectivity index (χ2v) is 7.55. The minimum atomic E-state index is -3.82.